The molecular weight excluding hydrogens is 132 g/mol. The van der Waals surface area contributed by atoms with Crippen molar-refractivity contribution in [2.75, 3.05) is 7.11 Å². The third-order valence-electron chi connectivity index (χ3n) is 1.03. The topological polar surface area (TPSA) is 55.0 Å². The summed E-state index contributed by atoms with van der Waals surface area (Å²) in [5.74, 6) is 0.209. The molecule has 0 bridgehead atoms. The molecule has 1 N–H and O–H groups in total. The summed E-state index contributed by atoms with van der Waals surface area (Å²) in [4.78, 5) is 17.1. The molecule has 0 spiro atoms. The van der Waals surface area contributed by atoms with Crippen molar-refractivity contribution in [3.63, 3.8) is 0 Å². The van der Waals surface area contributed by atoms with Gasteiger partial charge in [-0.2, -0.15) is 0 Å². The molecule has 4 nitrogen and oxygen atoms in total. The maximum absolute atomic E-state index is 10.7. The summed E-state index contributed by atoms with van der Waals surface area (Å²) < 4.78 is 4.41. The van der Waals surface area contributed by atoms with Crippen molar-refractivity contribution in [3.8, 4) is 0 Å². The SMILES string of the molecule is COC(=O)c1[c]nc(C)[nH]1. The molecule has 53 valence electrons. The lowest BCUT2D eigenvalue weighted by molar-refractivity contribution is 0.0594. The van der Waals surface area contributed by atoms with Crippen molar-refractivity contribution in [2.24, 2.45) is 0 Å². The lowest BCUT2D eigenvalue weighted by Crippen LogP contribution is -2.01. The first-order valence-electron chi connectivity index (χ1n) is 2.76. The van der Waals surface area contributed by atoms with Crippen LogP contribution in [0.1, 0.15) is 16.3 Å². The number of aromatic amines is 1. The highest BCUT2D eigenvalue weighted by atomic mass is 16.5. The van der Waals surface area contributed by atoms with Crippen LogP contribution in [0.3, 0.4) is 0 Å². The Bertz CT molecular complexity index is 242. The Morgan fingerprint density at radius 3 is 2.90 bits per heavy atom. The highest BCUT2D eigenvalue weighted by Gasteiger charge is 2.06. The third kappa shape index (κ3) is 1.15. The maximum Gasteiger partial charge on any atom is 0.356 e. The van der Waals surface area contributed by atoms with Crippen LogP contribution in [0.5, 0.6) is 0 Å². The van der Waals surface area contributed by atoms with Crippen molar-refractivity contribution in [1.29, 1.82) is 0 Å². The maximum atomic E-state index is 10.7. The second-order valence-electron chi connectivity index (χ2n) is 1.80. The van der Waals surface area contributed by atoms with Crippen molar-refractivity contribution in [3.05, 3.63) is 17.7 Å². The molecule has 0 atom stereocenters. The van der Waals surface area contributed by atoms with E-state index in [1.807, 2.05) is 0 Å². The minimum atomic E-state index is -0.444. The number of imidazole rings is 1. The Labute approximate surface area is 58.2 Å². The highest BCUT2D eigenvalue weighted by molar-refractivity contribution is 5.86. The van der Waals surface area contributed by atoms with Gasteiger partial charge in [0.1, 0.15) is 12.0 Å². The molecule has 1 radical (unpaired) electrons. The fourth-order valence-electron chi connectivity index (χ4n) is 0.575. The number of aromatic nitrogens is 2. The molecule has 0 saturated carbocycles. The Balaban J connectivity index is 2.85. The van der Waals surface area contributed by atoms with Gasteiger partial charge in [0.05, 0.1) is 7.11 Å². The van der Waals surface area contributed by atoms with E-state index in [9.17, 15) is 4.79 Å². The fraction of sp³-hybridized carbons (Fsp3) is 0.333. The normalized spacial score (nSPS) is 9.40. The second kappa shape index (κ2) is 2.51. The number of hydrogen-bond acceptors (Lipinski definition) is 3. The van der Waals surface area contributed by atoms with Gasteiger partial charge >= 0.3 is 5.97 Å². The molecule has 1 aromatic heterocycles. The number of methoxy groups -OCH3 is 1. The summed E-state index contributed by atoms with van der Waals surface area (Å²) in [5.41, 5.74) is 0.264. The van der Waals surface area contributed by atoms with E-state index in [1.165, 1.54) is 7.11 Å². The summed E-state index contributed by atoms with van der Waals surface area (Å²) in [7, 11) is 1.31. The zero-order valence-electron chi connectivity index (χ0n) is 5.76. The number of nitrogens with zero attached hydrogens (tertiary/aromatic N) is 1. The first-order valence-corrected chi connectivity index (χ1v) is 2.76. The summed E-state index contributed by atoms with van der Waals surface area (Å²) in [6.45, 7) is 1.74. The molecule has 0 unspecified atom stereocenters. The van der Waals surface area contributed by atoms with Gasteiger partial charge in [-0.05, 0) is 6.92 Å². The van der Waals surface area contributed by atoms with E-state index in [1.54, 1.807) is 6.92 Å². The average Bonchev–Trinajstić information content (AvgIpc) is 2.34. The number of H-pyrrole nitrogens is 1. The van der Waals surface area contributed by atoms with Crippen LogP contribution in [0.15, 0.2) is 0 Å². The van der Waals surface area contributed by atoms with E-state index >= 15 is 0 Å². The van der Waals surface area contributed by atoms with E-state index in [4.69, 9.17) is 0 Å². The predicted molar refractivity (Wildman–Crippen MR) is 33.5 cm³/mol. The van der Waals surface area contributed by atoms with Gasteiger partial charge in [-0.25, -0.2) is 9.78 Å². The Kier molecular flexibility index (Phi) is 1.71. The lowest BCUT2D eigenvalue weighted by atomic mass is 10.5. The monoisotopic (exact) mass is 139 g/mol. The van der Waals surface area contributed by atoms with E-state index in [2.05, 4.69) is 20.9 Å². The Morgan fingerprint density at radius 1 is 1.80 bits per heavy atom. The lowest BCUT2D eigenvalue weighted by Gasteiger charge is -1.90. The van der Waals surface area contributed by atoms with Crippen LogP contribution in [0, 0.1) is 13.1 Å². The average molecular weight is 139 g/mol. The third-order valence-corrected chi connectivity index (χ3v) is 1.03. The minimum absolute atomic E-state index is 0.264. The minimum Gasteiger partial charge on any atom is -0.464 e. The van der Waals surface area contributed by atoms with Crippen LogP contribution in [-0.4, -0.2) is 23.0 Å². The molecular formula is C6H7N2O2. The predicted octanol–water partition coefficient (Wildman–Crippen LogP) is 0.305. The molecule has 0 fully saturated rings. The van der Waals surface area contributed by atoms with Gasteiger partial charge in [0.15, 0.2) is 5.69 Å². The molecule has 1 aromatic rings. The van der Waals surface area contributed by atoms with Crippen LogP contribution in [-0.2, 0) is 4.74 Å². The molecule has 0 saturated heterocycles. The number of hydrogen-bond donors (Lipinski definition) is 1. The van der Waals surface area contributed by atoms with E-state index in [0.29, 0.717) is 5.82 Å². The molecule has 10 heavy (non-hydrogen) atoms. The zero-order chi connectivity index (χ0) is 7.56. The van der Waals surface area contributed by atoms with Crippen molar-refractivity contribution in [1.82, 2.24) is 9.97 Å². The van der Waals surface area contributed by atoms with E-state index in [0.717, 1.165) is 0 Å². The van der Waals surface area contributed by atoms with Crippen LogP contribution in [0.4, 0.5) is 0 Å². The molecule has 0 aliphatic rings. The quantitative estimate of drug-likeness (QED) is 0.569. The Hall–Kier alpha value is -1.32. The van der Waals surface area contributed by atoms with Gasteiger partial charge in [0, 0.05) is 0 Å². The summed E-state index contributed by atoms with van der Waals surface area (Å²) >= 11 is 0. The molecule has 0 amide bonds. The highest BCUT2D eigenvalue weighted by Crippen LogP contribution is 1.95. The van der Waals surface area contributed by atoms with E-state index < -0.39 is 5.97 Å². The van der Waals surface area contributed by atoms with Gasteiger partial charge in [0.25, 0.3) is 0 Å². The van der Waals surface area contributed by atoms with Crippen LogP contribution < -0.4 is 0 Å². The zero-order valence-corrected chi connectivity index (χ0v) is 5.76. The van der Waals surface area contributed by atoms with Gasteiger partial charge in [-0.15, -0.1) is 0 Å². The second-order valence-corrected chi connectivity index (χ2v) is 1.80. The molecule has 0 aromatic carbocycles. The first-order chi connectivity index (χ1) is 4.74. The number of carbonyl (C=O) groups is 1. The van der Waals surface area contributed by atoms with Crippen LogP contribution in [0.25, 0.3) is 0 Å². The number of nitrogens with one attached hydrogen (secondary N) is 1. The number of aryl methyl sites for hydroxylation is 1. The van der Waals surface area contributed by atoms with Gasteiger partial charge in [-0.1, -0.05) is 0 Å². The standard InChI is InChI=1S/C6H7N2O2/c1-4-7-3-5(8-4)6(9)10-2/h1-2H3,(H,7,8). The number of ether oxygens (including phenoxy) is 1. The first kappa shape index (κ1) is 6.80. The number of esters is 1. The van der Waals surface area contributed by atoms with Gasteiger partial charge in [0.2, 0.25) is 0 Å². The molecule has 0 aliphatic heterocycles. The fourth-order valence-corrected chi connectivity index (χ4v) is 0.575. The Morgan fingerprint density at radius 2 is 2.50 bits per heavy atom. The number of rotatable bonds is 1. The summed E-state index contributed by atoms with van der Waals surface area (Å²) in [6, 6.07) is 0. The van der Waals surface area contributed by atoms with Gasteiger partial charge in [-0.3, -0.25) is 0 Å². The molecule has 1 rings (SSSR count). The van der Waals surface area contributed by atoms with Crippen molar-refractivity contribution >= 4 is 5.97 Å². The van der Waals surface area contributed by atoms with E-state index in [-0.39, 0.29) is 5.69 Å². The number of carbonyl (C=O) groups excluding carboxylic acids is 1. The van der Waals surface area contributed by atoms with Crippen LogP contribution >= 0.6 is 0 Å². The van der Waals surface area contributed by atoms with Crippen molar-refractivity contribution < 1.29 is 9.53 Å². The van der Waals surface area contributed by atoms with Crippen molar-refractivity contribution in [2.45, 2.75) is 6.92 Å². The largest absolute Gasteiger partial charge is 0.464 e. The van der Waals surface area contributed by atoms with Gasteiger partial charge < -0.3 is 9.72 Å². The molecule has 4 heteroatoms. The molecule has 1 heterocycles. The summed E-state index contributed by atoms with van der Waals surface area (Å²) in [6.07, 6.45) is 2.48. The smallest absolute Gasteiger partial charge is 0.356 e. The van der Waals surface area contributed by atoms with Crippen LogP contribution in [0.2, 0.25) is 0 Å². The summed E-state index contributed by atoms with van der Waals surface area (Å²) in [5, 5.41) is 0. The molecule has 0 aliphatic carbocycles.